The van der Waals surface area contributed by atoms with Crippen LogP contribution in [0.1, 0.15) is 18.5 Å². The molecule has 3 aliphatic rings. The standard InChI is InChI=1S/C25H26N10O8S3/c1-2-7-42-30-14(22(38)39)8-34-25(29-32-33-34)46-10-12-9-44-21-17(20(37)35(21)18(12)23(40)41)28-19(36)16(15-11-45-24(26)27-15)31-43-13-5-3-4-6-13/h2-3,5,11,13,17,21H,1,4,6-10H2,(H2,26,27)(H,28,36)(H,38,39)(H,40,41)/b30-14-,31-16-/t13?,17?,21-/m1/s1. The van der Waals surface area contributed by atoms with E-state index >= 15 is 0 Å². The number of carbonyl (C=O) groups excluding carboxylic acids is 2. The second-order valence-electron chi connectivity index (χ2n) is 9.61. The molecule has 18 nitrogen and oxygen atoms in total. The van der Waals surface area contributed by atoms with Crippen molar-refractivity contribution in [2.75, 3.05) is 23.8 Å². The molecular weight excluding hydrogens is 665 g/mol. The number of aliphatic carboxylic acids is 2. The summed E-state index contributed by atoms with van der Waals surface area (Å²) < 4.78 is 1.18. The van der Waals surface area contributed by atoms with Crippen molar-refractivity contribution in [3.05, 3.63) is 47.2 Å². The van der Waals surface area contributed by atoms with Gasteiger partial charge in [-0.2, -0.15) is 0 Å². The normalized spacial score (nSPS) is 21.1. The molecule has 21 heteroatoms. The van der Waals surface area contributed by atoms with Gasteiger partial charge in [-0.05, 0) is 34.9 Å². The molecule has 1 fully saturated rings. The Morgan fingerprint density at radius 1 is 1.30 bits per heavy atom. The van der Waals surface area contributed by atoms with Crippen molar-refractivity contribution >= 4 is 75.2 Å². The number of carboxylic acid groups (broad SMARTS) is 2. The van der Waals surface area contributed by atoms with Gasteiger partial charge in [0.1, 0.15) is 35.5 Å². The van der Waals surface area contributed by atoms with E-state index in [1.807, 2.05) is 12.2 Å². The Kier molecular flexibility index (Phi) is 10.3. The number of aromatic nitrogens is 5. The van der Waals surface area contributed by atoms with Crippen molar-refractivity contribution in [3.8, 4) is 0 Å². The van der Waals surface area contributed by atoms with Gasteiger partial charge in [0.2, 0.25) is 5.16 Å². The Hall–Kier alpha value is -4.76. The molecule has 5 N–H and O–H groups in total. The van der Waals surface area contributed by atoms with Crippen molar-refractivity contribution in [1.82, 2.24) is 35.4 Å². The number of thiazole rings is 1. The number of thioether (sulfide) groups is 2. The van der Waals surface area contributed by atoms with E-state index in [1.165, 1.54) is 22.5 Å². The van der Waals surface area contributed by atoms with E-state index in [0.29, 0.717) is 12.0 Å². The van der Waals surface area contributed by atoms with Crippen molar-refractivity contribution in [2.45, 2.75) is 42.1 Å². The van der Waals surface area contributed by atoms with Crippen molar-refractivity contribution < 1.29 is 39.1 Å². The van der Waals surface area contributed by atoms with Crippen LogP contribution in [-0.4, -0.2) is 111 Å². The summed E-state index contributed by atoms with van der Waals surface area (Å²) in [5.74, 6) is -3.71. The Morgan fingerprint density at radius 3 is 2.80 bits per heavy atom. The van der Waals surface area contributed by atoms with Gasteiger partial charge >= 0.3 is 11.9 Å². The molecule has 0 saturated carbocycles. The summed E-state index contributed by atoms with van der Waals surface area (Å²) >= 11 is 3.43. The van der Waals surface area contributed by atoms with Gasteiger partial charge in [0.15, 0.2) is 16.6 Å². The number of β-lactam (4-membered cyclic amide) rings is 1. The summed E-state index contributed by atoms with van der Waals surface area (Å²) in [5.41, 5.74) is 5.60. The number of carbonyl (C=O) groups is 4. The van der Waals surface area contributed by atoms with Crippen molar-refractivity contribution in [3.63, 3.8) is 0 Å². The molecule has 242 valence electrons. The molecule has 4 heterocycles. The lowest BCUT2D eigenvalue weighted by Crippen LogP contribution is -2.71. The Balaban J connectivity index is 1.27. The monoisotopic (exact) mass is 690 g/mol. The summed E-state index contributed by atoms with van der Waals surface area (Å²) in [6, 6.07) is -1.03. The molecule has 0 bridgehead atoms. The first-order valence-electron chi connectivity index (χ1n) is 13.4. The molecule has 0 spiro atoms. The van der Waals surface area contributed by atoms with Crippen LogP contribution in [0.5, 0.6) is 0 Å². The average molecular weight is 691 g/mol. The second kappa shape index (κ2) is 14.6. The number of carboxylic acids is 2. The molecule has 0 radical (unpaired) electrons. The lowest BCUT2D eigenvalue weighted by atomic mass is 10.0. The number of nitrogens with zero attached hydrogens (tertiary/aromatic N) is 8. The van der Waals surface area contributed by atoms with Gasteiger partial charge in [-0.15, -0.1) is 28.2 Å². The summed E-state index contributed by atoms with van der Waals surface area (Å²) in [6.45, 7) is 3.14. The minimum atomic E-state index is -1.34. The summed E-state index contributed by atoms with van der Waals surface area (Å²) in [5, 5.41) is 42.2. The smallest absolute Gasteiger partial charge is 0.355 e. The van der Waals surface area contributed by atoms with Crippen LogP contribution in [0.4, 0.5) is 5.13 Å². The van der Waals surface area contributed by atoms with Crippen molar-refractivity contribution in [1.29, 1.82) is 0 Å². The van der Waals surface area contributed by atoms with E-state index in [4.69, 9.17) is 15.4 Å². The van der Waals surface area contributed by atoms with Crippen LogP contribution in [0, 0.1) is 0 Å². The fourth-order valence-electron chi connectivity index (χ4n) is 4.41. The first kappa shape index (κ1) is 32.6. The number of fused-ring (bicyclic) bond motifs is 1. The van der Waals surface area contributed by atoms with E-state index in [9.17, 15) is 29.4 Å². The number of rotatable bonds is 15. The fraction of sp³-hybridized carbons (Fsp3) is 0.360. The van der Waals surface area contributed by atoms with E-state index in [-0.39, 0.29) is 63.9 Å². The topological polar surface area (TPSA) is 250 Å². The third-order valence-electron chi connectivity index (χ3n) is 6.55. The largest absolute Gasteiger partial charge is 0.477 e. The number of hydrogen-bond acceptors (Lipinski definition) is 16. The predicted molar refractivity (Wildman–Crippen MR) is 166 cm³/mol. The lowest BCUT2D eigenvalue weighted by Gasteiger charge is -2.49. The number of oxime groups is 2. The number of tetrazole rings is 1. The van der Waals surface area contributed by atoms with Crippen LogP contribution < -0.4 is 11.1 Å². The van der Waals surface area contributed by atoms with Crippen LogP contribution in [0.15, 0.2) is 56.9 Å². The molecule has 2 aromatic rings. The number of hydrogen-bond donors (Lipinski definition) is 4. The summed E-state index contributed by atoms with van der Waals surface area (Å²) in [7, 11) is 0. The fourth-order valence-corrected chi connectivity index (χ4v) is 7.32. The molecule has 1 saturated heterocycles. The van der Waals surface area contributed by atoms with E-state index < -0.39 is 35.2 Å². The highest BCUT2D eigenvalue weighted by Crippen LogP contribution is 2.41. The minimum absolute atomic E-state index is 0.000852. The van der Waals surface area contributed by atoms with Crippen LogP contribution in [0.3, 0.4) is 0 Å². The SMILES string of the molecule is C=CCO/N=C(/Cn1nnnc1SCC1=C(C(=O)O)N2C(=O)C(NC(=O)/C(=N\OC3C=CCC3)c3csc(N)n3)[C@H]2SC1)C(=O)O. The predicted octanol–water partition coefficient (Wildman–Crippen LogP) is 0.325. The molecule has 46 heavy (non-hydrogen) atoms. The molecule has 0 aromatic carbocycles. The number of allylic oxidation sites excluding steroid dienone is 1. The van der Waals surface area contributed by atoms with Gasteiger partial charge in [-0.3, -0.25) is 14.5 Å². The number of nitrogen functional groups attached to an aromatic ring is 1. The van der Waals surface area contributed by atoms with Crippen LogP contribution >= 0.6 is 34.9 Å². The van der Waals surface area contributed by atoms with Crippen LogP contribution in [0.2, 0.25) is 0 Å². The molecule has 5 rings (SSSR count). The van der Waals surface area contributed by atoms with Crippen LogP contribution in [-0.2, 0) is 35.4 Å². The van der Waals surface area contributed by atoms with Gasteiger partial charge in [-0.25, -0.2) is 19.3 Å². The van der Waals surface area contributed by atoms with E-state index in [2.05, 4.69) is 42.7 Å². The maximum Gasteiger partial charge on any atom is 0.355 e. The summed E-state index contributed by atoms with van der Waals surface area (Å²) in [4.78, 5) is 66.1. The van der Waals surface area contributed by atoms with Gasteiger partial charge < -0.3 is 30.9 Å². The number of nitrogens with two attached hydrogens (primary N) is 1. The first-order chi connectivity index (χ1) is 22.2. The lowest BCUT2D eigenvalue weighted by molar-refractivity contribution is -0.150. The highest BCUT2D eigenvalue weighted by Gasteiger charge is 2.54. The average Bonchev–Trinajstić information content (AvgIpc) is 3.81. The zero-order valence-corrected chi connectivity index (χ0v) is 26.2. The van der Waals surface area contributed by atoms with Gasteiger partial charge in [0.05, 0.1) is 6.54 Å². The number of anilines is 1. The van der Waals surface area contributed by atoms with E-state index in [0.717, 1.165) is 34.4 Å². The molecule has 2 amide bonds. The van der Waals surface area contributed by atoms with Gasteiger partial charge in [0, 0.05) is 16.9 Å². The Labute approximate surface area is 272 Å². The minimum Gasteiger partial charge on any atom is -0.477 e. The maximum absolute atomic E-state index is 13.3. The van der Waals surface area contributed by atoms with Gasteiger partial charge in [-0.1, -0.05) is 40.8 Å². The summed E-state index contributed by atoms with van der Waals surface area (Å²) in [6.07, 6.45) is 6.39. The highest BCUT2D eigenvalue weighted by atomic mass is 32.2. The number of amides is 2. The molecule has 3 atom stereocenters. The molecule has 2 unspecified atom stereocenters. The highest BCUT2D eigenvalue weighted by molar-refractivity contribution is 8.01. The number of nitrogens with one attached hydrogen (secondary N) is 1. The molecule has 1 aliphatic carbocycles. The van der Waals surface area contributed by atoms with E-state index in [1.54, 1.807) is 5.38 Å². The van der Waals surface area contributed by atoms with Gasteiger partial charge in [0.25, 0.3) is 11.8 Å². The molecular formula is C25H26N10O8S3. The first-order valence-corrected chi connectivity index (χ1v) is 16.3. The van der Waals surface area contributed by atoms with Crippen LogP contribution in [0.25, 0.3) is 0 Å². The third kappa shape index (κ3) is 7.21. The second-order valence-corrected chi connectivity index (χ2v) is 12.6. The van der Waals surface area contributed by atoms with Crippen molar-refractivity contribution in [2.24, 2.45) is 10.3 Å². The Bertz CT molecular complexity index is 1670. The third-order valence-corrected chi connectivity index (χ3v) is 9.61. The zero-order valence-electron chi connectivity index (χ0n) is 23.7. The maximum atomic E-state index is 13.3. The zero-order chi connectivity index (χ0) is 32.8. The Morgan fingerprint density at radius 2 is 2.13 bits per heavy atom. The molecule has 2 aliphatic heterocycles. The molecule has 2 aromatic heterocycles. The quantitative estimate of drug-likeness (QED) is 0.0491.